The topological polar surface area (TPSA) is 52.6 Å². The number of hydrogen-bond donors (Lipinski definition) is 2. The summed E-state index contributed by atoms with van der Waals surface area (Å²) in [4.78, 5) is 12.6. The number of carbonyl (C=O) groups is 1. The van der Waals surface area contributed by atoms with Crippen LogP contribution in [0.1, 0.15) is 22.3 Å². The smallest absolute Gasteiger partial charge is 0.382 e. The van der Waals surface area contributed by atoms with E-state index in [0.717, 1.165) is 27.2 Å². The van der Waals surface area contributed by atoms with Gasteiger partial charge in [0.25, 0.3) is 0 Å². The number of nitrogens with zero attached hydrogens (tertiary/aromatic N) is 1. The second-order valence-electron chi connectivity index (χ2n) is 5.47. The Morgan fingerprint density at radius 3 is 2.23 bits per heavy atom. The van der Waals surface area contributed by atoms with Crippen molar-refractivity contribution >= 4 is 6.03 Å². The van der Waals surface area contributed by atoms with Gasteiger partial charge in [-0.15, -0.1) is 0 Å². The highest BCUT2D eigenvalue weighted by Crippen LogP contribution is 2.20. The van der Waals surface area contributed by atoms with Crippen LogP contribution in [0.3, 0.4) is 0 Å². The van der Waals surface area contributed by atoms with Gasteiger partial charge in [0.1, 0.15) is 0 Å². The lowest BCUT2D eigenvalue weighted by Crippen LogP contribution is -2.45. The fourth-order valence-corrected chi connectivity index (χ4v) is 2.23. The molecule has 0 bridgehead atoms. The van der Waals surface area contributed by atoms with Gasteiger partial charge in [0.15, 0.2) is 6.10 Å². The van der Waals surface area contributed by atoms with Gasteiger partial charge in [-0.1, -0.05) is 17.7 Å². The van der Waals surface area contributed by atoms with Crippen molar-refractivity contribution in [1.82, 2.24) is 10.2 Å². The first-order valence-corrected chi connectivity index (χ1v) is 6.83. The molecule has 0 aliphatic heterocycles. The molecule has 4 nitrogen and oxygen atoms in total. The lowest BCUT2D eigenvalue weighted by atomic mass is 10.00. The standard InChI is InChI=1S/C15H21F3N2O2/c1-9-5-10(2)12(11(3)6-9)7-19-14(22)20(4)8-13(21)15(16,17)18/h5-6,13,21H,7-8H2,1-4H3,(H,19,22)/t13-/m0/s1. The van der Waals surface area contributed by atoms with Crippen LogP contribution in [0.5, 0.6) is 0 Å². The number of carbonyl (C=O) groups excluding carboxylic acids is 1. The molecule has 0 radical (unpaired) electrons. The van der Waals surface area contributed by atoms with Crippen molar-refractivity contribution in [3.63, 3.8) is 0 Å². The van der Waals surface area contributed by atoms with Crippen LogP contribution < -0.4 is 5.32 Å². The maximum absolute atomic E-state index is 12.3. The molecule has 22 heavy (non-hydrogen) atoms. The second kappa shape index (κ2) is 7.00. The first-order valence-electron chi connectivity index (χ1n) is 6.83. The number of hydrogen-bond acceptors (Lipinski definition) is 2. The molecule has 1 rings (SSSR count). The van der Waals surface area contributed by atoms with Crippen molar-refractivity contribution < 1.29 is 23.1 Å². The van der Waals surface area contributed by atoms with Crippen LogP contribution in [-0.2, 0) is 6.54 Å². The van der Waals surface area contributed by atoms with Crippen LogP contribution in [0.2, 0.25) is 0 Å². The van der Waals surface area contributed by atoms with E-state index in [1.54, 1.807) is 0 Å². The summed E-state index contributed by atoms with van der Waals surface area (Å²) in [6.07, 6.45) is -7.29. The minimum atomic E-state index is -4.74. The van der Waals surface area contributed by atoms with Gasteiger partial charge < -0.3 is 15.3 Å². The largest absolute Gasteiger partial charge is 0.416 e. The first kappa shape index (κ1) is 18.3. The normalized spacial score (nSPS) is 12.9. The summed E-state index contributed by atoms with van der Waals surface area (Å²) in [5.41, 5.74) is 4.06. The molecule has 0 aliphatic rings. The number of urea groups is 1. The lowest BCUT2D eigenvalue weighted by Gasteiger charge is -2.23. The molecule has 0 saturated heterocycles. The maximum atomic E-state index is 12.3. The van der Waals surface area contributed by atoms with Gasteiger partial charge in [0.2, 0.25) is 0 Å². The molecule has 0 saturated carbocycles. The molecule has 0 aliphatic carbocycles. The zero-order valence-electron chi connectivity index (χ0n) is 13.1. The summed E-state index contributed by atoms with van der Waals surface area (Å²) in [6.45, 7) is 5.22. The Kier molecular flexibility index (Phi) is 5.82. The third kappa shape index (κ3) is 4.91. The molecule has 7 heteroatoms. The van der Waals surface area contributed by atoms with Crippen molar-refractivity contribution in [3.8, 4) is 0 Å². The van der Waals surface area contributed by atoms with Crippen molar-refractivity contribution in [1.29, 1.82) is 0 Å². The molecule has 2 amide bonds. The molecule has 0 spiro atoms. The fourth-order valence-electron chi connectivity index (χ4n) is 2.23. The van der Waals surface area contributed by atoms with E-state index in [9.17, 15) is 18.0 Å². The highest BCUT2D eigenvalue weighted by Gasteiger charge is 2.39. The van der Waals surface area contributed by atoms with Crippen LogP contribution >= 0.6 is 0 Å². The van der Waals surface area contributed by atoms with Crippen molar-refractivity contribution in [2.24, 2.45) is 0 Å². The third-order valence-corrected chi connectivity index (χ3v) is 3.43. The molecule has 0 aromatic heterocycles. The number of nitrogens with one attached hydrogen (secondary N) is 1. The average molecular weight is 318 g/mol. The first-order chi connectivity index (χ1) is 10.0. The number of aryl methyl sites for hydroxylation is 3. The van der Waals surface area contributed by atoms with Crippen LogP contribution in [-0.4, -0.2) is 41.9 Å². The number of benzene rings is 1. The Morgan fingerprint density at radius 2 is 1.77 bits per heavy atom. The number of alkyl halides is 3. The number of aliphatic hydroxyl groups is 1. The molecule has 0 fully saturated rings. The number of halogens is 3. The maximum Gasteiger partial charge on any atom is 0.416 e. The number of rotatable bonds is 4. The minimum absolute atomic E-state index is 0.225. The van der Waals surface area contributed by atoms with E-state index in [0.29, 0.717) is 0 Å². The van der Waals surface area contributed by atoms with Gasteiger partial charge >= 0.3 is 12.2 Å². The molecular weight excluding hydrogens is 297 g/mol. The van der Waals surface area contributed by atoms with Crippen molar-refractivity contribution in [2.45, 2.75) is 39.6 Å². The van der Waals surface area contributed by atoms with Gasteiger partial charge in [-0.25, -0.2) is 4.79 Å². The van der Waals surface area contributed by atoms with E-state index in [4.69, 9.17) is 5.11 Å². The molecule has 1 atom stereocenters. The average Bonchev–Trinajstić information content (AvgIpc) is 2.35. The zero-order valence-corrected chi connectivity index (χ0v) is 13.1. The highest BCUT2D eigenvalue weighted by atomic mass is 19.4. The molecule has 1 aromatic carbocycles. The number of amides is 2. The summed E-state index contributed by atoms with van der Waals surface area (Å²) in [5.74, 6) is 0. The fraction of sp³-hybridized carbons (Fsp3) is 0.533. The summed E-state index contributed by atoms with van der Waals surface area (Å²) in [5, 5.41) is 11.5. The van der Waals surface area contributed by atoms with Gasteiger partial charge in [0, 0.05) is 13.6 Å². The monoisotopic (exact) mass is 318 g/mol. The molecule has 1 aromatic rings. The van der Waals surface area contributed by atoms with Crippen molar-refractivity contribution in [2.75, 3.05) is 13.6 Å². The molecule has 0 unspecified atom stereocenters. The Balaban J connectivity index is 2.63. The predicted octanol–water partition coefficient (Wildman–Crippen LogP) is 2.68. The van der Waals surface area contributed by atoms with Crippen LogP contribution in [0.25, 0.3) is 0 Å². The Hall–Kier alpha value is -1.76. The quantitative estimate of drug-likeness (QED) is 0.897. The summed E-state index contributed by atoms with van der Waals surface area (Å²) >= 11 is 0. The number of likely N-dealkylation sites (N-methyl/N-ethyl adjacent to an activating group) is 1. The molecular formula is C15H21F3N2O2. The van der Waals surface area contributed by atoms with Crippen LogP contribution in [0.4, 0.5) is 18.0 Å². The third-order valence-electron chi connectivity index (χ3n) is 3.43. The van der Waals surface area contributed by atoms with E-state index < -0.39 is 24.9 Å². The highest BCUT2D eigenvalue weighted by molar-refractivity contribution is 5.74. The molecule has 2 N–H and O–H groups in total. The van der Waals surface area contributed by atoms with E-state index in [1.165, 1.54) is 7.05 Å². The Morgan fingerprint density at radius 1 is 1.27 bits per heavy atom. The van der Waals surface area contributed by atoms with Crippen LogP contribution in [0, 0.1) is 20.8 Å². The Bertz CT molecular complexity index is 521. The Labute approximate surface area is 127 Å². The van der Waals surface area contributed by atoms with Gasteiger partial charge in [-0.2, -0.15) is 13.2 Å². The molecule has 124 valence electrons. The SMILES string of the molecule is Cc1cc(C)c(CNC(=O)N(C)C[C@H](O)C(F)(F)F)c(C)c1. The predicted molar refractivity (Wildman–Crippen MR) is 77.6 cm³/mol. The lowest BCUT2D eigenvalue weighted by molar-refractivity contribution is -0.205. The van der Waals surface area contributed by atoms with Gasteiger partial charge in [0.05, 0.1) is 6.54 Å². The summed E-state index contributed by atoms with van der Waals surface area (Å²) in [6, 6.07) is 3.29. The van der Waals surface area contributed by atoms with E-state index in [2.05, 4.69) is 5.32 Å². The van der Waals surface area contributed by atoms with E-state index in [-0.39, 0.29) is 6.54 Å². The van der Waals surface area contributed by atoms with Crippen LogP contribution in [0.15, 0.2) is 12.1 Å². The number of aliphatic hydroxyl groups excluding tert-OH is 1. The molecule has 0 heterocycles. The second-order valence-corrected chi connectivity index (χ2v) is 5.47. The van der Waals surface area contributed by atoms with Crippen molar-refractivity contribution in [3.05, 3.63) is 34.4 Å². The summed E-state index contributed by atoms with van der Waals surface area (Å²) in [7, 11) is 1.21. The minimum Gasteiger partial charge on any atom is -0.382 e. The van der Waals surface area contributed by atoms with E-state index >= 15 is 0 Å². The van der Waals surface area contributed by atoms with Gasteiger partial charge in [-0.05, 0) is 37.5 Å². The van der Waals surface area contributed by atoms with Gasteiger partial charge in [-0.3, -0.25) is 0 Å². The van der Waals surface area contributed by atoms with E-state index in [1.807, 2.05) is 32.9 Å². The summed E-state index contributed by atoms with van der Waals surface area (Å²) < 4.78 is 36.8. The zero-order chi connectivity index (χ0) is 17.1.